The maximum atomic E-state index is 5.93. The quantitative estimate of drug-likeness (QED) is 0.188. The van der Waals surface area contributed by atoms with Crippen molar-refractivity contribution in [1.29, 1.82) is 0 Å². The zero-order valence-electron chi connectivity index (χ0n) is 24.9. The first-order chi connectivity index (χ1) is 20.8. The molecule has 0 aliphatic carbocycles. The lowest BCUT2D eigenvalue weighted by Crippen LogP contribution is -2.48. The van der Waals surface area contributed by atoms with E-state index in [1.807, 2.05) is 44.3 Å². The number of ether oxygens (including phenoxy) is 1. The van der Waals surface area contributed by atoms with Gasteiger partial charge in [-0.15, -0.1) is 0 Å². The minimum absolute atomic E-state index is 0.167. The Labute approximate surface area is 251 Å². The van der Waals surface area contributed by atoms with Crippen molar-refractivity contribution >= 4 is 50.4 Å². The molecule has 1 saturated heterocycles. The van der Waals surface area contributed by atoms with E-state index in [9.17, 15) is 0 Å². The zero-order valence-corrected chi connectivity index (χ0v) is 24.9. The van der Waals surface area contributed by atoms with Crippen LogP contribution in [-0.2, 0) is 4.74 Å². The van der Waals surface area contributed by atoms with Crippen molar-refractivity contribution in [2.45, 2.75) is 33.3 Å². The van der Waals surface area contributed by atoms with Crippen molar-refractivity contribution in [3.63, 3.8) is 0 Å². The number of benzene rings is 3. The standard InChI is InChI=1S/C35H35N7O/c1-22-17-27(13-14-36-22)38-26-9-11-31-33(19-26)41-34(40-31)24-5-7-25(8-6-24)39-32-18-23(2)37-30-12-10-28(20-29(30)32)42-15-16-43-35(3,4)21-42/h5-14,17-20H,15-16,21H2,1-4H3,(H,36,38)(H,37,39)(H,40,41). The van der Waals surface area contributed by atoms with Crippen molar-refractivity contribution in [2.24, 2.45) is 0 Å². The molecule has 3 N–H and O–H groups in total. The number of aromatic amines is 1. The zero-order chi connectivity index (χ0) is 29.6. The van der Waals surface area contributed by atoms with E-state index in [0.29, 0.717) is 0 Å². The summed E-state index contributed by atoms with van der Waals surface area (Å²) in [6, 6.07) is 27.2. The van der Waals surface area contributed by atoms with E-state index in [0.717, 1.165) is 87.2 Å². The molecular weight excluding hydrogens is 534 g/mol. The molecule has 0 unspecified atom stereocenters. The number of hydrogen-bond acceptors (Lipinski definition) is 7. The highest BCUT2D eigenvalue weighted by Crippen LogP contribution is 2.33. The highest BCUT2D eigenvalue weighted by atomic mass is 16.5. The van der Waals surface area contributed by atoms with Gasteiger partial charge in [0.25, 0.3) is 0 Å². The predicted octanol–water partition coefficient (Wildman–Crippen LogP) is 7.89. The molecule has 6 aromatic rings. The normalized spacial score (nSPS) is 14.7. The average molecular weight is 570 g/mol. The third kappa shape index (κ3) is 5.74. The van der Waals surface area contributed by atoms with Gasteiger partial charge in [0.2, 0.25) is 0 Å². The van der Waals surface area contributed by atoms with Gasteiger partial charge in [-0.05, 0) is 107 Å². The van der Waals surface area contributed by atoms with Crippen molar-refractivity contribution in [2.75, 3.05) is 35.2 Å². The van der Waals surface area contributed by atoms with E-state index in [-0.39, 0.29) is 5.60 Å². The van der Waals surface area contributed by atoms with Gasteiger partial charge in [0.15, 0.2) is 0 Å². The number of rotatable bonds is 6. The van der Waals surface area contributed by atoms with Crippen molar-refractivity contribution in [3.8, 4) is 11.4 Å². The SMILES string of the molecule is Cc1cc(Nc2ccc3nc(-c4ccc(Nc5cc(C)nc6ccc(N7CCOC(C)(C)C7)cc56)cc4)[nH]c3c2)ccn1. The van der Waals surface area contributed by atoms with Crippen LogP contribution in [-0.4, -0.2) is 45.2 Å². The number of H-pyrrole nitrogens is 1. The van der Waals surface area contributed by atoms with Crippen LogP contribution in [0.5, 0.6) is 0 Å². The number of fused-ring (bicyclic) bond motifs is 2. The Kier molecular flexibility index (Phi) is 6.70. The first kappa shape index (κ1) is 26.9. The second-order valence-electron chi connectivity index (χ2n) is 11.9. The van der Waals surface area contributed by atoms with E-state index >= 15 is 0 Å². The Balaban J connectivity index is 1.12. The van der Waals surface area contributed by atoms with Crippen LogP contribution in [0, 0.1) is 13.8 Å². The summed E-state index contributed by atoms with van der Waals surface area (Å²) in [5.74, 6) is 0.835. The smallest absolute Gasteiger partial charge is 0.138 e. The Morgan fingerprint density at radius 2 is 1.58 bits per heavy atom. The van der Waals surface area contributed by atoms with E-state index in [1.165, 1.54) is 5.69 Å². The predicted molar refractivity (Wildman–Crippen MR) is 176 cm³/mol. The summed E-state index contributed by atoms with van der Waals surface area (Å²) < 4.78 is 5.93. The summed E-state index contributed by atoms with van der Waals surface area (Å²) in [4.78, 5) is 19.8. The Morgan fingerprint density at radius 1 is 0.791 bits per heavy atom. The largest absolute Gasteiger partial charge is 0.372 e. The molecule has 0 bridgehead atoms. The molecule has 3 aromatic heterocycles. The first-order valence-electron chi connectivity index (χ1n) is 14.7. The van der Waals surface area contributed by atoms with Gasteiger partial charge in [0, 0.05) is 70.1 Å². The van der Waals surface area contributed by atoms with E-state index < -0.39 is 0 Å². The lowest BCUT2D eigenvalue weighted by atomic mass is 10.1. The molecule has 0 radical (unpaired) electrons. The molecule has 8 heteroatoms. The molecule has 7 rings (SSSR count). The van der Waals surface area contributed by atoms with Crippen molar-refractivity contribution in [1.82, 2.24) is 19.9 Å². The molecule has 0 saturated carbocycles. The molecule has 8 nitrogen and oxygen atoms in total. The van der Waals surface area contributed by atoms with Crippen LogP contribution in [0.1, 0.15) is 25.2 Å². The Hall–Kier alpha value is -4.95. The molecule has 43 heavy (non-hydrogen) atoms. The van der Waals surface area contributed by atoms with Gasteiger partial charge in [0.1, 0.15) is 5.82 Å². The summed E-state index contributed by atoms with van der Waals surface area (Å²) in [5.41, 5.74) is 10.9. The Bertz CT molecular complexity index is 1940. The summed E-state index contributed by atoms with van der Waals surface area (Å²) in [6.45, 7) is 10.8. The lowest BCUT2D eigenvalue weighted by molar-refractivity contribution is -0.0276. The van der Waals surface area contributed by atoms with Crippen molar-refractivity contribution < 1.29 is 4.74 Å². The maximum Gasteiger partial charge on any atom is 0.138 e. The number of morpholine rings is 1. The average Bonchev–Trinajstić information content (AvgIpc) is 3.40. The minimum Gasteiger partial charge on any atom is -0.372 e. The van der Waals surface area contributed by atoms with Crippen LogP contribution in [0.25, 0.3) is 33.3 Å². The number of nitrogens with one attached hydrogen (secondary N) is 3. The topological polar surface area (TPSA) is 91.0 Å². The van der Waals surface area contributed by atoms with Gasteiger partial charge in [-0.25, -0.2) is 4.98 Å². The highest BCUT2D eigenvalue weighted by Gasteiger charge is 2.27. The first-order valence-corrected chi connectivity index (χ1v) is 14.7. The third-order valence-corrected chi connectivity index (χ3v) is 7.82. The molecule has 216 valence electrons. The molecule has 0 atom stereocenters. The molecular formula is C35H35N7O. The number of aryl methyl sites for hydroxylation is 2. The number of anilines is 5. The van der Waals surface area contributed by atoms with Gasteiger partial charge in [-0.3, -0.25) is 9.97 Å². The lowest BCUT2D eigenvalue weighted by Gasteiger charge is -2.39. The maximum absolute atomic E-state index is 5.93. The van der Waals surface area contributed by atoms with Crippen LogP contribution < -0.4 is 15.5 Å². The number of hydrogen-bond donors (Lipinski definition) is 3. The fourth-order valence-corrected chi connectivity index (χ4v) is 5.76. The van der Waals surface area contributed by atoms with Crippen LogP contribution >= 0.6 is 0 Å². The van der Waals surface area contributed by atoms with Gasteiger partial charge in [0.05, 0.1) is 28.8 Å². The number of nitrogens with zero attached hydrogens (tertiary/aromatic N) is 4. The van der Waals surface area contributed by atoms with Crippen LogP contribution in [0.4, 0.5) is 28.4 Å². The molecule has 0 amide bonds. The monoisotopic (exact) mass is 569 g/mol. The number of pyridine rings is 2. The van der Waals surface area contributed by atoms with Crippen LogP contribution in [0.2, 0.25) is 0 Å². The highest BCUT2D eigenvalue weighted by molar-refractivity contribution is 5.95. The van der Waals surface area contributed by atoms with Gasteiger partial charge >= 0.3 is 0 Å². The summed E-state index contributed by atoms with van der Waals surface area (Å²) >= 11 is 0. The van der Waals surface area contributed by atoms with E-state index in [1.54, 1.807) is 0 Å². The van der Waals surface area contributed by atoms with E-state index in [2.05, 4.69) is 93.9 Å². The minimum atomic E-state index is -0.167. The van der Waals surface area contributed by atoms with Gasteiger partial charge < -0.3 is 25.3 Å². The Morgan fingerprint density at radius 3 is 2.40 bits per heavy atom. The molecule has 4 heterocycles. The second kappa shape index (κ2) is 10.7. The summed E-state index contributed by atoms with van der Waals surface area (Å²) in [7, 11) is 0. The molecule has 1 fully saturated rings. The molecule has 1 aliphatic heterocycles. The van der Waals surface area contributed by atoms with Crippen LogP contribution in [0.15, 0.2) is 85.1 Å². The second-order valence-corrected chi connectivity index (χ2v) is 11.9. The van der Waals surface area contributed by atoms with Gasteiger partial charge in [-0.2, -0.15) is 0 Å². The third-order valence-electron chi connectivity index (χ3n) is 7.82. The molecule has 1 aliphatic rings. The van der Waals surface area contributed by atoms with E-state index in [4.69, 9.17) is 14.7 Å². The molecule has 3 aromatic carbocycles. The van der Waals surface area contributed by atoms with Crippen molar-refractivity contribution in [3.05, 3.63) is 96.4 Å². The number of imidazole rings is 1. The fourth-order valence-electron chi connectivity index (χ4n) is 5.76. The van der Waals surface area contributed by atoms with Crippen LogP contribution in [0.3, 0.4) is 0 Å². The summed E-state index contributed by atoms with van der Waals surface area (Å²) in [6.07, 6.45) is 1.81. The fraction of sp³-hybridized carbons (Fsp3) is 0.229. The number of aromatic nitrogens is 4. The van der Waals surface area contributed by atoms with Gasteiger partial charge in [-0.1, -0.05) is 0 Å². The summed E-state index contributed by atoms with van der Waals surface area (Å²) in [5, 5.41) is 8.19. The molecule has 0 spiro atoms.